The van der Waals surface area contributed by atoms with Gasteiger partial charge in [-0.05, 0) is 12.8 Å². The monoisotopic (exact) mass is 186 g/mol. The number of hydrogen-bond donors (Lipinski definition) is 0. The van der Waals surface area contributed by atoms with Crippen LogP contribution in [0.25, 0.3) is 0 Å². The van der Waals surface area contributed by atoms with Crippen molar-refractivity contribution >= 4 is 9.24 Å². The zero-order chi connectivity index (χ0) is 9.07. The zero-order valence-electron chi connectivity index (χ0n) is 8.39. The number of allylic oxidation sites excluding steroid dienone is 1. The Bertz CT molecular complexity index is 97.2. The summed E-state index contributed by atoms with van der Waals surface area (Å²) in [5.74, 6) is 2.07. The second-order valence-electron chi connectivity index (χ2n) is 3.34. The Labute approximate surface area is 80.0 Å². The summed E-state index contributed by atoms with van der Waals surface area (Å²) in [6.07, 6.45) is 13.4. The van der Waals surface area contributed by atoms with Crippen LogP contribution in [0.4, 0.5) is 0 Å². The van der Waals surface area contributed by atoms with Crippen LogP contribution >= 0.6 is 9.24 Å². The van der Waals surface area contributed by atoms with Crippen LogP contribution in [0, 0.1) is 0 Å². The van der Waals surface area contributed by atoms with E-state index in [4.69, 9.17) is 0 Å². The highest BCUT2D eigenvalue weighted by Gasteiger charge is 1.88. The number of hydrogen-bond acceptors (Lipinski definition) is 0. The second-order valence-corrected chi connectivity index (χ2v) is 3.72. The van der Waals surface area contributed by atoms with E-state index in [2.05, 4.69) is 28.1 Å². The third kappa shape index (κ3) is 10.2. The molecule has 0 spiro atoms. The molecule has 72 valence electrons. The van der Waals surface area contributed by atoms with E-state index in [9.17, 15) is 0 Å². The molecule has 0 N–H and O–H groups in total. The molecule has 0 aliphatic carbocycles. The van der Waals surface area contributed by atoms with Crippen molar-refractivity contribution in [1.29, 1.82) is 0 Å². The molecule has 0 aromatic carbocycles. The van der Waals surface area contributed by atoms with Gasteiger partial charge >= 0.3 is 0 Å². The Kier molecular flexibility index (Phi) is 11.3. The molecule has 1 heteroatoms. The van der Waals surface area contributed by atoms with Crippen molar-refractivity contribution in [3.8, 4) is 0 Å². The summed E-state index contributed by atoms with van der Waals surface area (Å²) in [6, 6.07) is 0. The van der Waals surface area contributed by atoms with E-state index >= 15 is 0 Å². The molecule has 1 atom stereocenters. The van der Waals surface area contributed by atoms with Gasteiger partial charge in [0.1, 0.15) is 0 Å². The van der Waals surface area contributed by atoms with Gasteiger partial charge in [0, 0.05) is 0 Å². The second kappa shape index (κ2) is 11.2. The first kappa shape index (κ1) is 12.2. The van der Waals surface area contributed by atoms with Gasteiger partial charge in [-0.1, -0.05) is 57.3 Å². The smallest absolute Gasteiger partial charge is 0.0347 e. The highest BCUT2D eigenvalue weighted by Crippen LogP contribution is 2.08. The molecular weight excluding hydrogens is 163 g/mol. The fourth-order valence-electron chi connectivity index (χ4n) is 1.32. The van der Waals surface area contributed by atoms with Gasteiger partial charge in [-0.25, -0.2) is 0 Å². The number of rotatable bonds is 8. The minimum Gasteiger partial charge on any atom is -0.114 e. The van der Waals surface area contributed by atoms with Gasteiger partial charge in [-0.2, -0.15) is 0 Å². The van der Waals surface area contributed by atoms with E-state index < -0.39 is 0 Å². The van der Waals surface area contributed by atoms with Gasteiger partial charge in [0.15, 0.2) is 0 Å². The Hall–Kier alpha value is 0.170. The molecule has 0 aromatic heterocycles. The van der Waals surface area contributed by atoms with E-state index in [0.717, 1.165) is 0 Å². The summed E-state index contributed by atoms with van der Waals surface area (Å²) in [4.78, 5) is 0. The van der Waals surface area contributed by atoms with Crippen molar-refractivity contribution < 1.29 is 0 Å². The summed E-state index contributed by atoms with van der Waals surface area (Å²) in [7, 11) is 2.62. The van der Waals surface area contributed by atoms with E-state index in [0.29, 0.717) is 0 Å². The van der Waals surface area contributed by atoms with Crippen molar-refractivity contribution in [2.75, 3.05) is 0 Å². The minimum absolute atomic E-state index is 1.26. The Morgan fingerprint density at radius 2 is 1.50 bits per heavy atom. The third-order valence-corrected chi connectivity index (χ3v) is 2.38. The predicted molar refractivity (Wildman–Crippen MR) is 61.5 cm³/mol. The third-order valence-electron chi connectivity index (χ3n) is 2.11. The molecule has 1 unspecified atom stereocenters. The molecule has 0 saturated heterocycles. The van der Waals surface area contributed by atoms with Crippen LogP contribution in [0.2, 0.25) is 0 Å². The van der Waals surface area contributed by atoms with Gasteiger partial charge in [-0.15, -0.1) is 9.24 Å². The Morgan fingerprint density at radius 3 is 2.08 bits per heavy atom. The van der Waals surface area contributed by atoms with Crippen LogP contribution in [-0.2, 0) is 0 Å². The molecule has 0 amide bonds. The van der Waals surface area contributed by atoms with Crippen molar-refractivity contribution in [2.45, 2.75) is 58.3 Å². The summed E-state index contributed by atoms with van der Waals surface area (Å²) in [6.45, 7) is 2.27. The van der Waals surface area contributed by atoms with E-state index in [1.54, 1.807) is 0 Å². The molecule has 0 nitrogen and oxygen atoms in total. The summed E-state index contributed by atoms with van der Waals surface area (Å²) < 4.78 is 0. The van der Waals surface area contributed by atoms with Crippen LogP contribution in [0.1, 0.15) is 58.3 Å². The van der Waals surface area contributed by atoms with Crippen LogP contribution in [0.3, 0.4) is 0 Å². The highest BCUT2D eigenvalue weighted by molar-refractivity contribution is 7.20. The van der Waals surface area contributed by atoms with Crippen LogP contribution in [0.15, 0.2) is 11.9 Å². The van der Waals surface area contributed by atoms with Gasteiger partial charge < -0.3 is 0 Å². The average molecular weight is 186 g/mol. The first-order valence-corrected chi connectivity index (χ1v) is 5.95. The summed E-state index contributed by atoms with van der Waals surface area (Å²) >= 11 is 0. The molecule has 0 aliphatic heterocycles. The fourth-order valence-corrected chi connectivity index (χ4v) is 1.51. The van der Waals surface area contributed by atoms with Crippen LogP contribution < -0.4 is 0 Å². The lowest BCUT2D eigenvalue weighted by atomic mass is 10.1. The lowest BCUT2D eigenvalue weighted by Crippen LogP contribution is -1.78. The van der Waals surface area contributed by atoms with Crippen molar-refractivity contribution in [3.63, 3.8) is 0 Å². The minimum atomic E-state index is 1.26. The van der Waals surface area contributed by atoms with Crippen LogP contribution in [0.5, 0.6) is 0 Å². The normalized spacial score (nSPS) is 11.2. The Balaban J connectivity index is 2.81. The molecule has 0 aromatic rings. The maximum absolute atomic E-state index is 2.62. The highest BCUT2D eigenvalue weighted by atomic mass is 31.0. The van der Waals surface area contributed by atoms with E-state index in [-0.39, 0.29) is 0 Å². The lowest BCUT2D eigenvalue weighted by Gasteiger charge is -1.98. The molecule has 0 saturated carbocycles. The maximum Gasteiger partial charge on any atom is -0.0347 e. The quantitative estimate of drug-likeness (QED) is 0.386. The molecule has 0 radical (unpaired) electrons. The molecule has 0 heterocycles. The first-order chi connectivity index (χ1) is 5.91. The fraction of sp³-hybridized carbons (Fsp3) is 0.818. The molecule has 0 aliphatic rings. The summed E-state index contributed by atoms with van der Waals surface area (Å²) in [5.41, 5.74) is 0. The zero-order valence-corrected chi connectivity index (χ0v) is 9.54. The molecule has 12 heavy (non-hydrogen) atoms. The maximum atomic E-state index is 2.62. The summed E-state index contributed by atoms with van der Waals surface area (Å²) in [5, 5.41) is 0. The standard InChI is InChI=1S/C11H23P/c1-2-3-4-5-6-7-8-9-10-11-12/h10-11H,2-9,12H2,1H3. The van der Waals surface area contributed by atoms with E-state index in [1.165, 1.54) is 51.4 Å². The SMILES string of the molecule is CCCCCCCCCC=CP. The Morgan fingerprint density at radius 1 is 0.917 bits per heavy atom. The molecule has 0 fully saturated rings. The van der Waals surface area contributed by atoms with Crippen molar-refractivity contribution in [2.24, 2.45) is 0 Å². The predicted octanol–water partition coefficient (Wildman–Crippen LogP) is 4.52. The van der Waals surface area contributed by atoms with Gasteiger partial charge in [0.2, 0.25) is 0 Å². The average Bonchev–Trinajstić information content (AvgIpc) is 2.10. The molecule has 0 bridgehead atoms. The largest absolute Gasteiger partial charge is 0.114 e. The van der Waals surface area contributed by atoms with Crippen molar-refractivity contribution in [1.82, 2.24) is 0 Å². The first-order valence-electron chi connectivity index (χ1n) is 5.28. The van der Waals surface area contributed by atoms with Crippen LogP contribution in [-0.4, -0.2) is 0 Å². The van der Waals surface area contributed by atoms with Gasteiger partial charge in [0.25, 0.3) is 0 Å². The van der Waals surface area contributed by atoms with Gasteiger partial charge in [-0.3, -0.25) is 0 Å². The number of unbranched alkanes of at least 4 members (excludes halogenated alkanes) is 7. The van der Waals surface area contributed by atoms with Gasteiger partial charge in [0.05, 0.1) is 0 Å². The topological polar surface area (TPSA) is 0 Å². The molecular formula is C11H23P. The molecule has 0 rings (SSSR count). The van der Waals surface area contributed by atoms with Crippen molar-refractivity contribution in [3.05, 3.63) is 11.9 Å². The lowest BCUT2D eigenvalue weighted by molar-refractivity contribution is 0.592. The van der Waals surface area contributed by atoms with E-state index in [1.807, 2.05) is 0 Å².